The number of ether oxygens (including phenoxy) is 1. The summed E-state index contributed by atoms with van der Waals surface area (Å²) in [6.45, 7) is 1.31. The molecule has 29 heavy (non-hydrogen) atoms. The van der Waals surface area contributed by atoms with Gasteiger partial charge in [-0.2, -0.15) is 4.72 Å². The van der Waals surface area contributed by atoms with Crippen molar-refractivity contribution in [1.29, 1.82) is 0 Å². The molecule has 156 valence electrons. The molecule has 2 aromatic carbocycles. The van der Waals surface area contributed by atoms with Gasteiger partial charge in [0.15, 0.2) is 0 Å². The molecule has 0 aliphatic carbocycles. The van der Waals surface area contributed by atoms with Gasteiger partial charge in [-0.15, -0.1) is 0 Å². The Bertz CT molecular complexity index is 944. The molecule has 6 nitrogen and oxygen atoms in total. The molecule has 0 radical (unpaired) electrons. The molecule has 1 heterocycles. The maximum Gasteiger partial charge on any atom is 0.241 e. The minimum Gasteiger partial charge on any atom is -0.495 e. The quantitative estimate of drug-likeness (QED) is 0.722. The standard InChI is InChI=1S/C21H25ClN2O4S/c1-28-20-11-10-17(15-18(20)22)29(26,27)23-19(14-16-8-4-2-5-9-16)21(25)24-12-6-3-7-13-24/h2,4-5,8-11,15,19,23H,3,6-7,12-14H2,1H3/t19-/m0/s1. The number of likely N-dealkylation sites (tertiary alicyclic amines) is 1. The summed E-state index contributed by atoms with van der Waals surface area (Å²) in [6, 6.07) is 12.7. The summed E-state index contributed by atoms with van der Waals surface area (Å²) in [4.78, 5) is 14.9. The van der Waals surface area contributed by atoms with Gasteiger partial charge in [0, 0.05) is 13.1 Å². The zero-order valence-corrected chi connectivity index (χ0v) is 17.9. The summed E-state index contributed by atoms with van der Waals surface area (Å²) < 4.78 is 33.7. The second-order valence-electron chi connectivity index (χ2n) is 7.05. The van der Waals surface area contributed by atoms with Crippen LogP contribution in [0.5, 0.6) is 5.75 Å². The van der Waals surface area contributed by atoms with E-state index in [1.165, 1.54) is 25.3 Å². The zero-order valence-electron chi connectivity index (χ0n) is 16.3. The SMILES string of the molecule is COc1ccc(S(=O)(=O)N[C@@H](Cc2ccccc2)C(=O)N2CCCCC2)cc1Cl. The number of piperidine rings is 1. The highest BCUT2D eigenvalue weighted by Gasteiger charge is 2.30. The number of nitrogens with one attached hydrogen (secondary N) is 1. The molecule has 1 fully saturated rings. The fourth-order valence-corrected chi connectivity index (χ4v) is 4.97. The van der Waals surface area contributed by atoms with Crippen LogP contribution >= 0.6 is 11.6 Å². The van der Waals surface area contributed by atoms with E-state index < -0.39 is 16.1 Å². The fraction of sp³-hybridized carbons (Fsp3) is 0.381. The number of benzene rings is 2. The van der Waals surface area contributed by atoms with Crippen LogP contribution in [0.4, 0.5) is 0 Å². The van der Waals surface area contributed by atoms with Crippen LogP contribution in [-0.4, -0.2) is 45.5 Å². The molecule has 0 unspecified atom stereocenters. The number of sulfonamides is 1. The van der Waals surface area contributed by atoms with Crippen LogP contribution in [0.25, 0.3) is 0 Å². The van der Waals surface area contributed by atoms with Crippen LogP contribution in [0.2, 0.25) is 5.02 Å². The summed E-state index contributed by atoms with van der Waals surface area (Å²) in [5.74, 6) is 0.188. The predicted octanol–water partition coefficient (Wildman–Crippen LogP) is 3.25. The molecule has 1 N–H and O–H groups in total. The number of hydrogen-bond acceptors (Lipinski definition) is 4. The zero-order chi connectivity index (χ0) is 20.9. The van der Waals surface area contributed by atoms with Crippen molar-refractivity contribution in [3.05, 3.63) is 59.1 Å². The van der Waals surface area contributed by atoms with E-state index in [4.69, 9.17) is 16.3 Å². The molecule has 0 spiro atoms. The number of halogens is 1. The van der Waals surface area contributed by atoms with Crippen molar-refractivity contribution in [2.75, 3.05) is 20.2 Å². The Balaban J connectivity index is 1.86. The van der Waals surface area contributed by atoms with Crippen LogP contribution in [0, 0.1) is 0 Å². The molecule has 0 aromatic heterocycles. The number of carbonyl (C=O) groups is 1. The monoisotopic (exact) mass is 436 g/mol. The summed E-state index contributed by atoms with van der Waals surface area (Å²) in [5.41, 5.74) is 0.887. The van der Waals surface area contributed by atoms with Crippen molar-refractivity contribution in [2.24, 2.45) is 0 Å². The summed E-state index contributed by atoms with van der Waals surface area (Å²) >= 11 is 6.09. The van der Waals surface area contributed by atoms with E-state index in [-0.39, 0.29) is 22.2 Å². The third-order valence-electron chi connectivity index (χ3n) is 4.98. The van der Waals surface area contributed by atoms with Gasteiger partial charge >= 0.3 is 0 Å². The van der Waals surface area contributed by atoms with E-state index in [0.717, 1.165) is 24.8 Å². The predicted molar refractivity (Wildman–Crippen MR) is 113 cm³/mol. The minimum absolute atomic E-state index is 0.00666. The van der Waals surface area contributed by atoms with Gasteiger partial charge in [-0.25, -0.2) is 8.42 Å². The lowest BCUT2D eigenvalue weighted by molar-refractivity contribution is -0.133. The molecule has 2 aromatic rings. The molecule has 1 aliphatic heterocycles. The Kier molecular flexibility index (Phi) is 7.16. The van der Waals surface area contributed by atoms with Crippen LogP contribution < -0.4 is 9.46 Å². The van der Waals surface area contributed by atoms with Crippen LogP contribution in [-0.2, 0) is 21.2 Å². The largest absolute Gasteiger partial charge is 0.495 e. The summed E-state index contributed by atoms with van der Waals surface area (Å²) in [6.07, 6.45) is 3.23. The van der Waals surface area contributed by atoms with Crippen LogP contribution in [0.1, 0.15) is 24.8 Å². The van der Waals surface area contributed by atoms with Gasteiger partial charge in [0.05, 0.1) is 17.0 Å². The van der Waals surface area contributed by atoms with Gasteiger partial charge < -0.3 is 9.64 Å². The Morgan fingerprint density at radius 1 is 1.14 bits per heavy atom. The molecule has 1 atom stereocenters. The first-order valence-corrected chi connectivity index (χ1v) is 11.5. The lowest BCUT2D eigenvalue weighted by Crippen LogP contribution is -2.50. The highest BCUT2D eigenvalue weighted by atomic mass is 35.5. The van der Waals surface area contributed by atoms with Gasteiger partial charge in [-0.1, -0.05) is 41.9 Å². The highest BCUT2D eigenvalue weighted by Crippen LogP contribution is 2.27. The second kappa shape index (κ2) is 9.61. The molecule has 0 bridgehead atoms. The normalized spacial score (nSPS) is 15.7. The average Bonchev–Trinajstić information content (AvgIpc) is 2.74. The van der Waals surface area contributed by atoms with Crippen LogP contribution in [0.15, 0.2) is 53.4 Å². The average molecular weight is 437 g/mol. The Morgan fingerprint density at radius 2 is 1.83 bits per heavy atom. The third-order valence-corrected chi connectivity index (χ3v) is 6.74. The Labute approximate surface area is 176 Å². The van der Waals surface area contributed by atoms with Crippen molar-refractivity contribution >= 4 is 27.5 Å². The van der Waals surface area contributed by atoms with E-state index in [1.54, 1.807) is 4.90 Å². The smallest absolute Gasteiger partial charge is 0.241 e. The number of hydrogen-bond donors (Lipinski definition) is 1. The molecule has 1 amide bonds. The maximum absolute atomic E-state index is 13.1. The van der Waals surface area contributed by atoms with Crippen molar-refractivity contribution in [3.8, 4) is 5.75 Å². The number of nitrogens with zero attached hydrogens (tertiary/aromatic N) is 1. The van der Waals surface area contributed by atoms with Gasteiger partial charge in [0.1, 0.15) is 11.8 Å². The van der Waals surface area contributed by atoms with Gasteiger partial charge in [0.2, 0.25) is 15.9 Å². The van der Waals surface area contributed by atoms with Crippen molar-refractivity contribution in [2.45, 2.75) is 36.6 Å². The number of amides is 1. The van der Waals surface area contributed by atoms with Crippen molar-refractivity contribution in [1.82, 2.24) is 9.62 Å². The Morgan fingerprint density at radius 3 is 2.45 bits per heavy atom. The van der Waals surface area contributed by atoms with E-state index in [1.807, 2.05) is 30.3 Å². The van der Waals surface area contributed by atoms with Gasteiger partial charge in [-0.05, 0) is 49.4 Å². The van der Waals surface area contributed by atoms with Gasteiger partial charge in [-0.3, -0.25) is 4.79 Å². The molecular weight excluding hydrogens is 412 g/mol. The second-order valence-corrected chi connectivity index (χ2v) is 9.17. The molecule has 3 rings (SSSR count). The molecule has 8 heteroatoms. The molecule has 0 saturated carbocycles. The molecular formula is C21H25ClN2O4S. The van der Waals surface area contributed by atoms with E-state index in [9.17, 15) is 13.2 Å². The maximum atomic E-state index is 13.1. The number of rotatable bonds is 7. The van der Waals surface area contributed by atoms with E-state index in [0.29, 0.717) is 18.8 Å². The third kappa shape index (κ3) is 5.50. The first kappa shape index (κ1) is 21.6. The fourth-order valence-electron chi connectivity index (χ4n) is 3.43. The van der Waals surface area contributed by atoms with E-state index in [2.05, 4.69) is 4.72 Å². The van der Waals surface area contributed by atoms with Gasteiger partial charge in [0.25, 0.3) is 0 Å². The summed E-state index contributed by atoms with van der Waals surface area (Å²) in [5, 5.41) is 0.192. The topological polar surface area (TPSA) is 75.7 Å². The number of carbonyl (C=O) groups excluding carboxylic acids is 1. The Hall–Kier alpha value is -2.09. The number of methoxy groups -OCH3 is 1. The molecule has 1 aliphatic rings. The summed E-state index contributed by atoms with van der Waals surface area (Å²) in [7, 11) is -2.49. The van der Waals surface area contributed by atoms with E-state index >= 15 is 0 Å². The lowest BCUT2D eigenvalue weighted by atomic mass is 10.0. The van der Waals surface area contributed by atoms with Crippen molar-refractivity contribution < 1.29 is 17.9 Å². The first-order chi connectivity index (χ1) is 13.9. The first-order valence-electron chi connectivity index (χ1n) is 9.59. The highest BCUT2D eigenvalue weighted by molar-refractivity contribution is 7.89. The van der Waals surface area contributed by atoms with Crippen LogP contribution in [0.3, 0.4) is 0 Å². The van der Waals surface area contributed by atoms with Crippen molar-refractivity contribution in [3.63, 3.8) is 0 Å². The minimum atomic E-state index is -3.95. The molecule has 1 saturated heterocycles. The lowest BCUT2D eigenvalue weighted by Gasteiger charge is -2.30.